The Bertz CT molecular complexity index is 1110. The topological polar surface area (TPSA) is 125 Å². The Hall–Kier alpha value is -2.10. The van der Waals surface area contributed by atoms with Gasteiger partial charge in [-0.25, -0.2) is 4.57 Å². The highest BCUT2D eigenvalue weighted by atomic mass is 31.2. The van der Waals surface area contributed by atoms with Gasteiger partial charge in [0.05, 0.1) is 46.0 Å². The number of likely N-dealkylation sites (N-methyl/N-ethyl adjacent to an activating group) is 1. The van der Waals surface area contributed by atoms with Gasteiger partial charge in [-0.1, -0.05) is 125 Å². The molecule has 4 atom stereocenters. The lowest BCUT2D eigenvalue weighted by Gasteiger charge is -2.25. The Labute approximate surface area is 324 Å². The van der Waals surface area contributed by atoms with E-state index in [9.17, 15) is 24.5 Å². The second-order valence-corrected chi connectivity index (χ2v) is 16.3. The molecule has 1 amide bonds. The molecule has 9 nitrogen and oxygen atoms in total. The average Bonchev–Trinajstić information content (AvgIpc) is 3.09. The van der Waals surface area contributed by atoms with Crippen molar-refractivity contribution < 1.29 is 38.0 Å². The number of rotatable bonds is 35. The van der Waals surface area contributed by atoms with E-state index in [0.717, 1.165) is 70.6 Å². The summed E-state index contributed by atoms with van der Waals surface area (Å²) in [6, 6.07) is -0.892. The van der Waals surface area contributed by atoms with Crippen molar-refractivity contribution in [3.8, 4) is 0 Å². The van der Waals surface area contributed by atoms with Crippen LogP contribution in [-0.2, 0) is 18.4 Å². The van der Waals surface area contributed by atoms with E-state index in [-0.39, 0.29) is 31.6 Å². The smallest absolute Gasteiger partial charge is 0.393 e. The molecule has 0 spiro atoms. The minimum Gasteiger partial charge on any atom is -0.393 e. The summed E-state index contributed by atoms with van der Waals surface area (Å²) in [6.45, 7) is 4.47. The van der Waals surface area contributed by atoms with Gasteiger partial charge in [-0.15, -0.1) is 0 Å². The van der Waals surface area contributed by atoms with Gasteiger partial charge >= 0.3 is 7.82 Å². The normalized spacial score (nSPS) is 15.8. The zero-order valence-corrected chi connectivity index (χ0v) is 35.0. The third-order valence-electron chi connectivity index (χ3n) is 8.43. The summed E-state index contributed by atoms with van der Waals surface area (Å²) >= 11 is 0. The predicted molar refractivity (Wildman–Crippen MR) is 222 cm³/mol. The molecule has 0 fully saturated rings. The summed E-state index contributed by atoms with van der Waals surface area (Å²) in [5, 5.41) is 23.4. The number of quaternary nitrogens is 1. The number of hydrogen-bond acceptors (Lipinski definition) is 6. The molecule has 0 aliphatic carbocycles. The van der Waals surface area contributed by atoms with Crippen LogP contribution in [-0.4, -0.2) is 84.6 Å². The molecule has 0 rings (SSSR count). The summed E-state index contributed by atoms with van der Waals surface area (Å²) in [7, 11) is 1.49. The molecule has 0 aliphatic rings. The number of allylic oxidation sites excluding steroid dienone is 10. The minimum absolute atomic E-state index is 0.0390. The molecule has 0 bridgehead atoms. The van der Waals surface area contributed by atoms with Crippen molar-refractivity contribution in [2.75, 3.05) is 40.9 Å². The molecular weight excluding hydrogens is 687 g/mol. The van der Waals surface area contributed by atoms with E-state index in [4.69, 9.17) is 9.05 Å². The first-order chi connectivity index (χ1) is 25.4. The molecule has 2 unspecified atom stereocenters. The molecule has 0 saturated heterocycles. The highest BCUT2D eigenvalue weighted by Gasteiger charge is 2.27. The quantitative estimate of drug-likeness (QED) is 0.0219. The molecule has 4 N–H and O–H groups in total. The maximum absolute atomic E-state index is 12.8. The third-order valence-corrected chi connectivity index (χ3v) is 9.41. The van der Waals surface area contributed by atoms with Crippen LogP contribution in [0.25, 0.3) is 0 Å². The van der Waals surface area contributed by atoms with Crippen molar-refractivity contribution in [2.24, 2.45) is 0 Å². The van der Waals surface area contributed by atoms with Crippen molar-refractivity contribution in [3.05, 3.63) is 72.9 Å². The lowest BCUT2D eigenvalue weighted by molar-refractivity contribution is -0.870. The van der Waals surface area contributed by atoms with E-state index in [1.807, 2.05) is 33.3 Å². The predicted octanol–water partition coefficient (Wildman–Crippen LogP) is 9.82. The highest BCUT2D eigenvalue weighted by molar-refractivity contribution is 7.47. The molecular formula is C43H78N2O7P+. The van der Waals surface area contributed by atoms with Crippen LogP contribution >= 0.6 is 7.82 Å². The van der Waals surface area contributed by atoms with Gasteiger partial charge in [-0.05, 0) is 77.0 Å². The van der Waals surface area contributed by atoms with E-state index in [1.54, 1.807) is 6.08 Å². The van der Waals surface area contributed by atoms with E-state index >= 15 is 0 Å². The number of carbonyl (C=O) groups excluding carboxylic acids is 1. The standard InChI is InChI=1S/C43H77N2O7P/c1-6-8-9-10-11-12-13-15-19-22-25-28-31-35-42(47)41(39-52-53(49,50)51-38-37-45(3,4)5)44-43(48)36-32-29-26-23-20-17-14-16-18-21-24-27-30-34-40(46)33-7-2/h9-10,14,17-18,21,23,26-27,30-31,35,40-42,46-47H,6-8,11-13,15-16,19-20,22,24-25,28-29,32-34,36-39H2,1-5H3,(H-,44,48,49,50)/p+1/b10-9-,17-14-,21-18-,26-23-,30-27-,35-31+/t40?,41-,42+/m0/s1. The van der Waals surface area contributed by atoms with Gasteiger partial charge in [0.25, 0.3) is 0 Å². The summed E-state index contributed by atoms with van der Waals surface area (Å²) in [5.41, 5.74) is 0. The Balaban J connectivity index is 4.64. The van der Waals surface area contributed by atoms with Gasteiger partial charge in [0.2, 0.25) is 5.91 Å². The number of carbonyl (C=O) groups is 1. The molecule has 0 aliphatic heterocycles. The first-order valence-corrected chi connectivity index (χ1v) is 21.9. The van der Waals surface area contributed by atoms with E-state index in [2.05, 4.69) is 73.8 Å². The Kier molecular flexibility index (Phi) is 33.0. The highest BCUT2D eigenvalue weighted by Crippen LogP contribution is 2.43. The van der Waals surface area contributed by atoms with Crippen LogP contribution in [0.2, 0.25) is 0 Å². The van der Waals surface area contributed by atoms with Crippen LogP contribution in [0.5, 0.6) is 0 Å². The second-order valence-electron chi connectivity index (χ2n) is 14.8. The van der Waals surface area contributed by atoms with Gasteiger partial charge < -0.3 is 24.9 Å². The fourth-order valence-electron chi connectivity index (χ4n) is 5.17. The van der Waals surface area contributed by atoms with Crippen molar-refractivity contribution >= 4 is 13.7 Å². The molecule has 0 radical (unpaired) electrons. The van der Waals surface area contributed by atoms with E-state index < -0.39 is 20.0 Å². The van der Waals surface area contributed by atoms with Gasteiger partial charge in [0.15, 0.2) is 0 Å². The minimum atomic E-state index is -4.36. The summed E-state index contributed by atoms with van der Waals surface area (Å²) < 4.78 is 23.4. The average molecular weight is 766 g/mol. The van der Waals surface area contributed by atoms with Crippen LogP contribution in [0.15, 0.2) is 72.9 Å². The maximum Gasteiger partial charge on any atom is 0.472 e. The number of nitrogens with one attached hydrogen (secondary N) is 1. The SMILES string of the molecule is CCC/C=C\CCCCCCCC/C=C/[C@@H](O)[C@H](COP(=O)(O)OCC[N+](C)(C)C)NC(=O)CCC/C=C\C/C=C\C/C=C\C/C=C\CC(O)CCC. The fraction of sp³-hybridized carbons (Fsp3) is 0.698. The molecule has 0 heterocycles. The van der Waals surface area contributed by atoms with Crippen LogP contribution < -0.4 is 5.32 Å². The largest absolute Gasteiger partial charge is 0.472 e. The number of phosphoric ester groups is 1. The zero-order chi connectivity index (χ0) is 39.5. The second kappa shape index (κ2) is 34.4. The lowest BCUT2D eigenvalue weighted by atomic mass is 10.1. The van der Waals surface area contributed by atoms with Crippen molar-refractivity contribution in [1.82, 2.24) is 5.32 Å². The number of aliphatic hydroxyl groups excluding tert-OH is 2. The number of aliphatic hydroxyl groups is 2. The lowest BCUT2D eigenvalue weighted by Crippen LogP contribution is -2.45. The number of hydrogen-bond donors (Lipinski definition) is 4. The molecule has 0 saturated carbocycles. The Morgan fingerprint density at radius 2 is 1.23 bits per heavy atom. The zero-order valence-electron chi connectivity index (χ0n) is 34.1. The van der Waals surface area contributed by atoms with Gasteiger partial charge in [-0.2, -0.15) is 0 Å². The van der Waals surface area contributed by atoms with E-state index in [0.29, 0.717) is 17.4 Å². The van der Waals surface area contributed by atoms with Crippen molar-refractivity contribution in [2.45, 2.75) is 154 Å². The molecule has 10 heteroatoms. The third kappa shape index (κ3) is 36.6. The summed E-state index contributed by atoms with van der Waals surface area (Å²) in [6.07, 6.45) is 41.8. The summed E-state index contributed by atoms with van der Waals surface area (Å²) in [4.78, 5) is 23.0. The van der Waals surface area contributed by atoms with Crippen molar-refractivity contribution in [1.29, 1.82) is 0 Å². The summed E-state index contributed by atoms with van der Waals surface area (Å²) in [5.74, 6) is -0.252. The van der Waals surface area contributed by atoms with Gasteiger partial charge in [0, 0.05) is 6.42 Å². The number of phosphoric acid groups is 1. The molecule has 0 aromatic carbocycles. The van der Waals surface area contributed by atoms with Crippen molar-refractivity contribution in [3.63, 3.8) is 0 Å². The van der Waals surface area contributed by atoms with Crippen LogP contribution in [0.4, 0.5) is 0 Å². The number of amides is 1. The Morgan fingerprint density at radius 1 is 0.698 bits per heavy atom. The number of nitrogens with zero attached hydrogens (tertiary/aromatic N) is 1. The fourth-order valence-corrected chi connectivity index (χ4v) is 5.90. The van der Waals surface area contributed by atoms with Crippen LogP contribution in [0.3, 0.4) is 0 Å². The van der Waals surface area contributed by atoms with Gasteiger partial charge in [-0.3, -0.25) is 13.8 Å². The van der Waals surface area contributed by atoms with E-state index in [1.165, 1.54) is 38.5 Å². The molecule has 306 valence electrons. The number of unbranched alkanes of at least 4 members (excludes halogenated alkanes) is 9. The van der Waals surface area contributed by atoms with Crippen LogP contribution in [0, 0.1) is 0 Å². The first kappa shape index (κ1) is 50.9. The molecule has 0 aromatic heterocycles. The Morgan fingerprint density at radius 3 is 1.83 bits per heavy atom. The van der Waals surface area contributed by atoms with Gasteiger partial charge in [0.1, 0.15) is 13.2 Å². The molecule has 53 heavy (non-hydrogen) atoms. The monoisotopic (exact) mass is 766 g/mol. The maximum atomic E-state index is 12.8. The first-order valence-electron chi connectivity index (χ1n) is 20.4. The van der Waals surface area contributed by atoms with Crippen LogP contribution in [0.1, 0.15) is 136 Å². The molecule has 0 aromatic rings.